The molecule has 0 aromatic heterocycles. The van der Waals surface area contributed by atoms with E-state index >= 15 is 0 Å². The molecule has 3 aliphatic carbocycles. The number of rotatable bonds is 2. The summed E-state index contributed by atoms with van der Waals surface area (Å²) in [6.45, 7) is 1.73. The molecule has 7 heteroatoms. The molecular formula is C21H26N2O4S. The summed E-state index contributed by atoms with van der Waals surface area (Å²) in [4.78, 5) is 28.0. The van der Waals surface area contributed by atoms with Crippen molar-refractivity contribution in [2.75, 3.05) is 31.7 Å². The molecule has 0 unspecified atom stereocenters. The van der Waals surface area contributed by atoms with Crippen molar-refractivity contribution in [3.63, 3.8) is 0 Å². The molecule has 1 aromatic rings. The van der Waals surface area contributed by atoms with Gasteiger partial charge in [0, 0.05) is 48.9 Å². The standard InChI is InChI=1S/C21H26N2O4S/c1-26-15-4-5-16-18(11-15)27-21(22-19(16)24)12-13-2-3-14(21)10-17(13)20(25)23-6-8-28-9-7-23/h4-5,11,13-14,17H,2-3,6-10,12H2,1H3,(H,22,24)/t13-,14+,17-,21-/m1/s1. The van der Waals surface area contributed by atoms with Crippen LogP contribution in [0.1, 0.15) is 36.0 Å². The molecule has 28 heavy (non-hydrogen) atoms. The molecule has 4 fully saturated rings. The maximum Gasteiger partial charge on any atom is 0.258 e. The van der Waals surface area contributed by atoms with Crippen LogP contribution >= 0.6 is 11.8 Å². The van der Waals surface area contributed by atoms with E-state index in [1.165, 1.54) is 0 Å². The Morgan fingerprint density at radius 2 is 2.14 bits per heavy atom. The first-order chi connectivity index (χ1) is 13.6. The fraction of sp³-hybridized carbons (Fsp3) is 0.619. The number of nitrogens with one attached hydrogen (secondary N) is 1. The monoisotopic (exact) mass is 402 g/mol. The topological polar surface area (TPSA) is 67.9 Å². The molecule has 1 N–H and O–H groups in total. The lowest BCUT2D eigenvalue weighted by molar-refractivity contribution is -0.155. The average molecular weight is 403 g/mol. The molecule has 150 valence electrons. The van der Waals surface area contributed by atoms with Crippen molar-refractivity contribution in [3.8, 4) is 11.5 Å². The first kappa shape index (κ1) is 18.2. The van der Waals surface area contributed by atoms with Gasteiger partial charge in [0.15, 0.2) is 5.72 Å². The van der Waals surface area contributed by atoms with Gasteiger partial charge in [0.1, 0.15) is 11.5 Å². The average Bonchev–Trinajstić information content (AvgIpc) is 2.73. The van der Waals surface area contributed by atoms with Crippen LogP contribution in [0.5, 0.6) is 11.5 Å². The van der Waals surface area contributed by atoms with Crippen molar-refractivity contribution < 1.29 is 19.1 Å². The van der Waals surface area contributed by atoms with E-state index in [9.17, 15) is 9.59 Å². The maximum absolute atomic E-state index is 13.1. The maximum atomic E-state index is 13.1. The molecule has 2 aliphatic heterocycles. The zero-order chi connectivity index (χ0) is 19.3. The van der Waals surface area contributed by atoms with Crippen LogP contribution < -0.4 is 14.8 Å². The third kappa shape index (κ3) is 2.86. The van der Waals surface area contributed by atoms with Gasteiger partial charge in [0.2, 0.25) is 5.91 Å². The van der Waals surface area contributed by atoms with Crippen LogP contribution in [0.4, 0.5) is 0 Å². The Hall–Kier alpha value is -1.89. The molecule has 1 aromatic carbocycles. The van der Waals surface area contributed by atoms with Gasteiger partial charge in [-0.05, 0) is 37.3 Å². The third-order valence-electron chi connectivity index (χ3n) is 6.91. The van der Waals surface area contributed by atoms with Gasteiger partial charge in [0.25, 0.3) is 5.91 Å². The van der Waals surface area contributed by atoms with Gasteiger partial charge in [-0.25, -0.2) is 0 Å². The number of nitrogens with zero attached hydrogens (tertiary/aromatic N) is 1. The second-order valence-electron chi connectivity index (χ2n) is 8.33. The van der Waals surface area contributed by atoms with Crippen LogP contribution in [0.3, 0.4) is 0 Å². The Kier molecular flexibility index (Phi) is 4.45. The first-order valence-electron chi connectivity index (χ1n) is 10.2. The molecule has 1 spiro atoms. The summed E-state index contributed by atoms with van der Waals surface area (Å²) >= 11 is 1.92. The molecule has 2 heterocycles. The van der Waals surface area contributed by atoms with Crippen molar-refractivity contribution >= 4 is 23.6 Å². The van der Waals surface area contributed by atoms with E-state index in [2.05, 4.69) is 10.2 Å². The number of amides is 2. The number of fused-ring (bicyclic) bond motifs is 3. The Morgan fingerprint density at radius 1 is 1.32 bits per heavy atom. The second kappa shape index (κ2) is 6.87. The highest BCUT2D eigenvalue weighted by atomic mass is 32.2. The molecule has 6 rings (SSSR count). The third-order valence-corrected chi connectivity index (χ3v) is 7.85. The minimum Gasteiger partial charge on any atom is -0.497 e. The van der Waals surface area contributed by atoms with Gasteiger partial charge in [-0.3, -0.25) is 9.59 Å². The molecule has 6 nitrogen and oxygen atoms in total. The Bertz CT molecular complexity index is 810. The number of thioether (sulfide) groups is 1. The smallest absolute Gasteiger partial charge is 0.258 e. The van der Waals surface area contributed by atoms with Gasteiger partial charge in [-0.15, -0.1) is 0 Å². The minimum absolute atomic E-state index is 0.0692. The van der Waals surface area contributed by atoms with Crippen molar-refractivity contribution in [3.05, 3.63) is 23.8 Å². The summed E-state index contributed by atoms with van der Waals surface area (Å²) in [6.07, 6.45) is 3.53. The zero-order valence-electron chi connectivity index (χ0n) is 16.1. The summed E-state index contributed by atoms with van der Waals surface area (Å²) in [6, 6.07) is 5.32. The lowest BCUT2D eigenvalue weighted by Gasteiger charge is -2.55. The summed E-state index contributed by atoms with van der Waals surface area (Å²) in [5, 5.41) is 3.17. The highest BCUT2D eigenvalue weighted by Crippen LogP contribution is 2.53. The van der Waals surface area contributed by atoms with E-state index in [0.29, 0.717) is 29.4 Å². The lowest BCUT2D eigenvalue weighted by Crippen LogP contribution is -2.67. The normalized spacial score (nSPS) is 33.8. The minimum atomic E-state index is -0.687. The molecule has 1 saturated heterocycles. The van der Waals surface area contributed by atoms with E-state index in [0.717, 1.165) is 43.9 Å². The van der Waals surface area contributed by atoms with Crippen LogP contribution in [0, 0.1) is 17.8 Å². The van der Waals surface area contributed by atoms with Gasteiger partial charge in [-0.2, -0.15) is 11.8 Å². The Labute approximate surface area is 169 Å². The van der Waals surface area contributed by atoms with E-state index < -0.39 is 5.72 Å². The predicted molar refractivity (Wildman–Crippen MR) is 107 cm³/mol. The fourth-order valence-electron chi connectivity index (χ4n) is 5.44. The largest absolute Gasteiger partial charge is 0.497 e. The predicted octanol–water partition coefficient (Wildman–Crippen LogP) is 2.53. The molecule has 2 amide bonds. The molecule has 3 saturated carbocycles. The second-order valence-corrected chi connectivity index (χ2v) is 9.55. The van der Waals surface area contributed by atoms with Crippen molar-refractivity contribution in [1.29, 1.82) is 0 Å². The van der Waals surface area contributed by atoms with Gasteiger partial charge in [-0.1, -0.05) is 0 Å². The highest BCUT2D eigenvalue weighted by molar-refractivity contribution is 7.99. The first-order valence-corrected chi connectivity index (χ1v) is 11.3. The lowest BCUT2D eigenvalue weighted by atomic mass is 9.59. The van der Waals surface area contributed by atoms with E-state index in [1.807, 2.05) is 11.8 Å². The molecule has 4 atom stereocenters. The molecule has 2 bridgehead atoms. The number of hydrogen-bond donors (Lipinski definition) is 1. The Balaban J connectivity index is 1.38. The van der Waals surface area contributed by atoms with Crippen LogP contribution in [-0.2, 0) is 4.79 Å². The Morgan fingerprint density at radius 3 is 2.86 bits per heavy atom. The number of carbonyl (C=O) groups is 2. The molecule has 0 radical (unpaired) electrons. The van der Waals surface area contributed by atoms with Crippen LogP contribution in [0.2, 0.25) is 0 Å². The zero-order valence-corrected chi connectivity index (χ0v) is 16.9. The summed E-state index contributed by atoms with van der Waals surface area (Å²) in [5.74, 6) is 4.06. The van der Waals surface area contributed by atoms with Crippen LogP contribution in [0.15, 0.2) is 18.2 Å². The van der Waals surface area contributed by atoms with Crippen molar-refractivity contribution in [1.82, 2.24) is 10.2 Å². The van der Waals surface area contributed by atoms with E-state index in [4.69, 9.17) is 9.47 Å². The fourth-order valence-corrected chi connectivity index (χ4v) is 6.34. The summed E-state index contributed by atoms with van der Waals surface area (Å²) < 4.78 is 11.7. The van der Waals surface area contributed by atoms with Crippen LogP contribution in [0.25, 0.3) is 0 Å². The molecular weight excluding hydrogens is 376 g/mol. The van der Waals surface area contributed by atoms with Crippen molar-refractivity contribution in [2.24, 2.45) is 17.8 Å². The summed E-state index contributed by atoms with van der Waals surface area (Å²) in [5.41, 5.74) is -0.139. The number of carbonyl (C=O) groups excluding carboxylic acids is 2. The molecule has 5 aliphatic rings. The summed E-state index contributed by atoms with van der Waals surface area (Å²) in [7, 11) is 1.61. The van der Waals surface area contributed by atoms with Gasteiger partial charge in [0.05, 0.1) is 12.7 Å². The van der Waals surface area contributed by atoms with Gasteiger partial charge < -0.3 is 19.7 Å². The van der Waals surface area contributed by atoms with E-state index in [-0.39, 0.29) is 23.7 Å². The highest BCUT2D eigenvalue weighted by Gasteiger charge is 2.57. The quantitative estimate of drug-likeness (QED) is 0.823. The van der Waals surface area contributed by atoms with Gasteiger partial charge >= 0.3 is 0 Å². The number of ether oxygens (including phenoxy) is 2. The number of methoxy groups -OCH3 is 1. The van der Waals surface area contributed by atoms with Crippen molar-refractivity contribution in [2.45, 2.75) is 31.4 Å². The SMILES string of the molecule is COc1ccc2c(c1)O[C@@]1(C[C@H]3CC[C@H]1C[C@H]3C(=O)N1CCSCC1)NC2=O. The number of benzene rings is 1. The number of hydrogen-bond acceptors (Lipinski definition) is 5. The van der Waals surface area contributed by atoms with Crippen LogP contribution in [-0.4, -0.2) is 54.1 Å². The van der Waals surface area contributed by atoms with E-state index in [1.54, 1.807) is 25.3 Å².